The molecule has 0 aliphatic carbocycles. The molecule has 0 bridgehead atoms. The van der Waals surface area contributed by atoms with Crippen molar-refractivity contribution in [3.63, 3.8) is 0 Å². The number of rotatable bonds is 3. The van der Waals surface area contributed by atoms with Gasteiger partial charge in [0.1, 0.15) is 0 Å². The predicted molar refractivity (Wildman–Crippen MR) is 51.1 cm³/mol. The van der Waals surface area contributed by atoms with Crippen LogP contribution in [0, 0.1) is 24.2 Å². The Kier molecular flexibility index (Phi) is 5.03. The highest BCUT2D eigenvalue weighted by atomic mass is 14.2. The second-order valence-corrected chi connectivity index (χ2v) is 3.65. The molecule has 1 radical (unpaired) electrons. The van der Waals surface area contributed by atoms with Crippen molar-refractivity contribution in [2.75, 3.05) is 0 Å². The Morgan fingerprint density at radius 2 is 1.91 bits per heavy atom. The summed E-state index contributed by atoms with van der Waals surface area (Å²) >= 11 is 0. The van der Waals surface area contributed by atoms with E-state index in [1.165, 1.54) is 6.42 Å². The minimum absolute atomic E-state index is 0.365. The third kappa shape index (κ3) is 5.98. The predicted octanol–water partition coefficient (Wildman–Crippen LogP) is 3.43. The van der Waals surface area contributed by atoms with E-state index in [1.807, 2.05) is 0 Å². The van der Waals surface area contributed by atoms with Gasteiger partial charge in [-0.05, 0) is 11.8 Å². The molecule has 0 aliphatic heterocycles. The average Bonchev–Trinajstić information content (AvgIpc) is 1.87. The summed E-state index contributed by atoms with van der Waals surface area (Å²) in [5.74, 6) is 6.27. The van der Waals surface area contributed by atoms with Crippen molar-refractivity contribution in [2.45, 2.75) is 46.5 Å². The lowest BCUT2D eigenvalue weighted by Crippen LogP contribution is -2.09. The van der Waals surface area contributed by atoms with E-state index in [0.29, 0.717) is 5.41 Å². The Morgan fingerprint density at radius 1 is 1.27 bits per heavy atom. The largest absolute Gasteiger partial charge is 0.104 e. The van der Waals surface area contributed by atoms with E-state index in [0.717, 1.165) is 19.3 Å². The van der Waals surface area contributed by atoms with Crippen LogP contribution >= 0.6 is 0 Å². The number of hydrogen-bond acceptors (Lipinski definition) is 0. The molecule has 0 rings (SSSR count). The topological polar surface area (TPSA) is 0 Å². The maximum Gasteiger partial charge on any atom is 0.0140 e. The van der Waals surface area contributed by atoms with Crippen LogP contribution in [0.5, 0.6) is 0 Å². The lowest BCUT2D eigenvalue weighted by atomic mass is 9.85. The molecule has 0 unspecified atom stereocenters. The summed E-state index contributed by atoms with van der Waals surface area (Å²) in [6.07, 6.45) is 4.17. The lowest BCUT2D eigenvalue weighted by Gasteiger charge is -2.20. The van der Waals surface area contributed by atoms with Crippen LogP contribution in [0.1, 0.15) is 46.5 Å². The first-order valence-corrected chi connectivity index (χ1v) is 4.37. The van der Waals surface area contributed by atoms with Gasteiger partial charge in [0.15, 0.2) is 0 Å². The molecule has 0 spiro atoms. The van der Waals surface area contributed by atoms with E-state index in [9.17, 15) is 0 Å². The van der Waals surface area contributed by atoms with Crippen molar-refractivity contribution in [2.24, 2.45) is 5.41 Å². The molecule has 0 N–H and O–H groups in total. The van der Waals surface area contributed by atoms with Crippen molar-refractivity contribution >= 4 is 0 Å². The minimum atomic E-state index is 0.365. The molecule has 0 amide bonds. The molecule has 0 saturated heterocycles. The lowest BCUT2D eigenvalue weighted by molar-refractivity contribution is 0.348. The fourth-order valence-electron chi connectivity index (χ4n) is 0.994. The Balaban J connectivity index is 3.71. The molecule has 0 aliphatic rings. The zero-order chi connectivity index (χ0) is 8.74. The molecule has 0 aromatic carbocycles. The van der Waals surface area contributed by atoms with Gasteiger partial charge >= 0.3 is 0 Å². The second kappa shape index (κ2) is 5.24. The summed E-state index contributed by atoms with van der Waals surface area (Å²) in [7, 11) is 0. The first-order valence-electron chi connectivity index (χ1n) is 4.37. The van der Waals surface area contributed by atoms with Crippen LogP contribution in [-0.2, 0) is 0 Å². The van der Waals surface area contributed by atoms with Crippen LogP contribution in [-0.4, -0.2) is 0 Å². The SMILES string of the molecule is [CH2]CCC(C)(C)CC#CCC. The van der Waals surface area contributed by atoms with Crippen molar-refractivity contribution in [3.05, 3.63) is 6.92 Å². The smallest absolute Gasteiger partial charge is 0.0140 e. The van der Waals surface area contributed by atoms with E-state index < -0.39 is 0 Å². The van der Waals surface area contributed by atoms with E-state index in [-0.39, 0.29) is 0 Å². The summed E-state index contributed by atoms with van der Waals surface area (Å²) < 4.78 is 0. The minimum Gasteiger partial charge on any atom is -0.104 e. The van der Waals surface area contributed by atoms with Gasteiger partial charge in [-0.1, -0.05) is 34.1 Å². The molecule has 63 valence electrons. The summed E-state index contributed by atoms with van der Waals surface area (Å²) in [5.41, 5.74) is 0.365. The highest BCUT2D eigenvalue weighted by Crippen LogP contribution is 2.25. The summed E-state index contributed by atoms with van der Waals surface area (Å²) in [4.78, 5) is 0. The molecular weight excluding hydrogens is 132 g/mol. The maximum absolute atomic E-state index is 3.85. The monoisotopic (exact) mass is 151 g/mol. The second-order valence-electron chi connectivity index (χ2n) is 3.65. The van der Waals surface area contributed by atoms with Crippen molar-refractivity contribution < 1.29 is 0 Å². The molecule has 11 heavy (non-hydrogen) atoms. The Bertz CT molecular complexity index is 143. The Labute approximate surface area is 71.4 Å². The van der Waals surface area contributed by atoms with Gasteiger partial charge in [-0.15, -0.1) is 11.8 Å². The van der Waals surface area contributed by atoms with Crippen LogP contribution in [0.2, 0.25) is 0 Å². The zero-order valence-corrected chi connectivity index (χ0v) is 8.04. The molecule has 0 saturated carbocycles. The fraction of sp³-hybridized carbons (Fsp3) is 0.727. The van der Waals surface area contributed by atoms with Gasteiger partial charge in [-0.3, -0.25) is 0 Å². The highest BCUT2D eigenvalue weighted by molar-refractivity contribution is 5.00. The van der Waals surface area contributed by atoms with Crippen molar-refractivity contribution in [3.8, 4) is 11.8 Å². The third-order valence-electron chi connectivity index (χ3n) is 1.72. The zero-order valence-electron chi connectivity index (χ0n) is 8.04. The first-order chi connectivity index (χ1) is 5.12. The van der Waals surface area contributed by atoms with E-state index in [2.05, 4.69) is 39.5 Å². The quantitative estimate of drug-likeness (QED) is 0.542. The summed E-state index contributed by atoms with van der Waals surface area (Å²) in [5, 5.41) is 0. The molecule has 0 heterocycles. The van der Waals surface area contributed by atoms with Gasteiger partial charge in [0, 0.05) is 12.8 Å². The summed E-state index contributed by atoms with van der Waals surface area (Å²) in [6, 6.07) is 0. The third-order valence-corrected chi connectivity index (χ3v) is 1.72. The van der Waals surface area contributed by atoms with Crippen molar-refractivity contribution in [1.82, 2.24) is 0 Å². The normalized spacial score (nSPS) is 10.5. The Morgan fingerprint density at radius 3 is 2.36 bits per heavy atom. The Hall–Kier alpha value is -0.440. The van der Waals surface area contributed by atoms with Gasteiger partial charge in [0.05, 0.1) is 0 Å². The maximum atomic E-state index is 3.85. The fourth-order valence-corrected chi connectivity index (χ4v) is 0.994. The molecule has 0 nitrogen and oxygen atoms in total. The number of hydrogen-bond donors (Lipinski definition) is 0. The molecule has 0 aromatic rings. The highest BCUT2D eigenvalue weighted by Gasteiger charge is 2.13. The molecular formula is C11H19. The van der Waals surface area contributed by atoms with E-state index in [4.69, 9.17) is 0 Å². The standard InChI is InChI=1S/C11H19/c1-5-7-8-10-11(3,4)9-6-2/h2,5-6,9-10H2,1,3-4H3. The van der Waals surface area contributed by atoms with Crippen molar-refractivity contribution in [1.29, 1.82) is 0 Å². The van der Waals surface area contributed by atoms with Gasteiger partial charge in [-0.25, -0.2) is 0 Å². The van der Waals surface area contributed by atoms with Crippen LogP contribution < -0.4 is 0 Å². The van der Waals surface area contributed by atoms with Crippen LogP contribution in [0.25, 0.3) is 0 Å². The molecule has 0 atom stereocenters. The van der Waals surface area contributed by atoms with E-state index >= 15 is 0 Å². The van der Waals surface area contributed by atoms with Gasteiger partial charge < -0.3 is 0 Å². The first kappa shape index (κ1) is 10.6. The molecule has 0 fully saturated rings. The van der Waals surface area contributed by atoms with Crippen LogP contribution in [0.15, 0.2) is 0 Å². The molecule has 0 aromatic heterocycles. The molecule has 0 heteroatoms. The van der Waals surface area contributed by atoms with Crippen LogP contribution in [0.4, 0.5) is 0 Å². The van der Waals surface area contributed by atoms with Gasteiger partial charge in [0.2, 0.25) is 0 Å². The van der Waals surface area contributed by atoms with Gasteiger partial charge in [0.25, 0.3) is 0 Å². The summed E-state index contributed by atoms with van der Waals surface area (Å²) in [6.45, 7) is 10.4. The van der Waals surface area contributed by atoms with Crippen LogP contribution in [0.3, 0.4) is 0 Å². The average molecular weight is 151 g/mol. The van der Waals surface area contributed by atoms with Gasteiger partial charge in [-0.2, -0.15) is 0 Å². The van der Waals surface area contributed by atoms with E-state index in [1.54, 1.807) is 0 Å².